The van der Waals surface area contributed by atoms with Crippen molar-refractivity contribution >= 4 is 29.1 Å². The number of ether oxygens (including phenoxy) is 1. The van der Waals surface area contributed by atoms with E-state index in [9.17, 15) is 13.2 Å². The van der Waals surface area contributed by atoms with Gasteiger partial charge in [-0.1, -0.05) is 11.6 Å². The molecule has 1 N–H and O–H groups in total. The summed E-state index contributed by atoms with van der Waals surface area (Å²) in [5.41, 5.74) is -2.72. The van der Waals surface area contributed by atoms with Crippen molar-refractivity contribution in [3.63, 3.8) is 0 Å². The number of halogens is 4. The zero-order valence-electron chi connectivity index (χ0n) is 9.90. The Kier molecular flexibility index (Phi) is 5.47. The molecule has 0 unspecified atom stereocenters. The Balaban J connectivity index is 2.59. The highest BCUT2D eigenvalue weighted by Crippen LogP contribution is 2.32. The smallest absolute Gasteiger partial charge is 0.441 e. The molecule has 1 aromatic carbocycles. The van der Waals surface area contributed by atoms with Gasteiger partial charge in [-0.2, -0.15) is 13.2 Å². The van der Waals surface area contributed by atoms with E-state index in [0.717, 1.165) is 5.56 Å². The minimum atomic E-state index is -4.19. The quantitative estimate of drug-likeness (QED) is 0.818. The van der Waals surface area contributed by atoms with Crippen LogP contribution in [0, 0.1) is 6.92 Å². The van der Waals surface area contributed by atoms with Gasteiger partial charge in [-0.15, -0.1) is 0 Å². The highest BCUT2D eigenvalue weighted by atomic mass is 35.5. The lowest BCUT2D eigenvalue weighted by Crippen LogP contribution is -2.10. The molecule has 0 bridgehead atoms. The predicted octanol–water partition coefficient (Wildman–Crippen LogP) is 4.32. The number of methoxy groups -OCH3 is 1. The molecule has 102 valence electrons. The van der Waals surface area contributed by atoms with Crippen LogP contribution in [0.15, 0.2) is 12.1 Å². The lowest BCUT2D eigenvalue weighted by atomic mass is 10.2. The van der Waals surface area contributed by atoms with Gasteiger partial charge in [0.1, 0.15) is 5.75 Å². The lowest BCUT2D eigenvalue weighted by Gasteiger charge is -2.13. The van der Waals surface area contributed by atoms with Crippen molar-refractivity contribution in [2.45, 2.75) is 12.4 Å². The maximum absolute atomic E-state index is 11.9. The monoisotopic (exact) mass is 299 g/mol. The van der Waals surface area contributed by atoms with Crippen LogP contribution in [0.3, 0.4) is 0 Å². The van der Waals surface area contributed by atoms with Crippen LogP contribution in [0.1, 0.15) is 5.56 Å². The number of thioether (sulfide) groups is 1. The summed E-state index contributed by atoms with van der Waals surface area (Å²) in [7, 11) is 1.48. The summed E-state index contributed by atoms with van der Waals surface area (Å²) in [4.78, 5) is 0. The Hall–Kier alpha value is -0.750. The Bertz CT molecular complexity index is 412. The van der Waals surface area contributed by atoms with Crippen molar-refractivity contribution in [2.24, 2.45) is 0 Å². The molecule has 0 heterocycles. The fraction of sp³-hybridized carbons (Fsp3) is 0.455. The van der Waals surface area contributed by atoms with Crippen LogP contribution in [-0.2, 0) is 0 Å². The number of rotatable bonds is 5. The van der Waals surface area contributed by atoms with E-state index in [0.29, 0.717) is 16.5 Å². The van der Waals surface area contributed by atoms with Crippen LogP contribution in [0.25, 0.3) is 0 Å². The molecule has 0 atom stereocenters. The number of nitrogens with one attached hydrogen (secondary N) is 1. The van der Waals surface area contributed by atoms with Crippen LogP contribution in [0.2, 0.25) is 5.02 Å². The summed E-state index contributed by atoms with van der Waals surface area (Å²) in [6, 6.07) is 3.38. The van der Waals surface area contributed by atoms with Crippen molar-refractivity contribution < 1.29 is 17.9 Å². The van der Waals surface area contributed by atoms with Crippen molar-refractivity contribution in [3.8, 4) is 5.75 Å². The van der Waals surface area contributed by atoms with Gasteiger partial charge in [0, 0.05) is 23.4 Å². The van der Waals surface area contributed by atoms with E-state index in [1.54, 1.807) is 12.1 Å². The molecule has 0 aliphatic carbocycles. The van der Waals surface area contributed by atoms with Crippen molar-refractivity contribution in [3.05, 3.63) is 22.7 Å². The van der Waals surface area contributed by atoms with Crippen LogP contribution < -0.4 is 10.1 Å². The second-order valence-corrected chi connectivity index (χ2v) is 5.09. The molecule has 0 aliphatic rings. The van der Waals surface area contributed by atoms with Gasteiger partial charge in [0.2, 0.25) is 0 Å². The first kappa shape index (κ1) is 15.3. The summed E-state index contributed by atoms with van der Waals surface area (Å²) in [5, 5.41) is 3.46. The SMILES string of the molecule is COc1cc(Cl)c(C)cc1NCCSC(F)(F)F. The molecule has 7 heteroatoms. The highest BCUT2D eigenvalue weighted by Gasteiger charge is 2.27. The average molecular weight is 300 g/mol. The molecular weight excluding hydrogens is 287 g/mol. The number of aryl methyl sites for hydroxylation is 1. The molecule has 1 rings (SSSR count). The van der Waals surface area contributed by atoms with Gasteiger partial charge >= 0.3 is 5.51 Å². The summed E-state index contributed by atoms with van der Waals surface area (Å²) >= 11 is 5.87. The minimum Gasteiger partial charge on any atom is -0.495 e. The maximum atomic E-state index is 11.9. The number of benzene rings is 1. The number of alkyl halides is 3. The molecule has 18 heavy (non-hydrogen) atoms. The first-order valence-electron chi connectivity index (χ1n) is 5.12. The van der Waals surface area contributed by atoms with E-state index in [2.05, 4.69) is 5.32 Å². The van der Waals surface area contributed by atoms with Crippen LogP contribution in [0.5, 0.6) is 5.75 Å². The number of hydrogen-bond acceptors (Lipinski definition) is 3. The fourth-order valence-corrected chi connectivity index (χ4v) is 1.91. The van der Waals surface area contributed by atoms with E-state index >= 15 is 0 Å². The normalized spacial score (nSPS) is 11.4. The van der Waals surface area contributed by atoms with Crippen molar-refractivity contribution in [1.29, 1.82) is 0 Å². The number of anilines is 1. The van der Waals surface area contributed by atoms with Gasteiger partial charge in [0.05, 0.1) is 12.8 Å². The van der Waals surface area contributed by atoms with Gasteiger partial charge in [0.15, 0.2) is 0 Å². The lowest BCUT2D eigenvalue weighted by molar-refractivity contribution is -0.0327. The molecule has 0 saturated carbocycles. The van der Waals surface area contributed by atoms with E-state index in [-0.39, 0.29) is 24.1 Å². The van der Waals surface area contributed by atoms with Crippen molar-refractivity contribution in [2.75, 3.05) is 24.7 Å². The molecule has 1 aromatic rings. The van der Waals surface area contributed by atoms with Gasteiger partial charge in [0.25, 0.3) is 0 Å². The van der Waals surface area contributed by atoms with E-state index in [1.807, 2.05) is 6.92 Å². The zero-order chi connectivity index (χ0) is 13.8. The second kappa shape index (κ2) is 6.43. The van der Waals surface area contributed by atoms with Gasteiger partial charge in [-0.25, -0.2) is 0 Å². The summed E-state index contributed by atoms with van der Waals surface area (Å²) in [5.74, 6) is 0.455. The third kappa shape index (κ3) is 4.86. The van der Waals surface area contributed by atoms with Crippen molar-refractivity contribution in [1.82, 2.24) is 0 Å². The number of hydrogen-bond donors (Lipinski definition) is 1. The summed E-state index contributed by atoms with van der Waals surface area (Å²) in [6.07, 6.45) is 0. The Morgan fingerprint density at radius 2 is 2.06 bits per heavy atom. The van der Waals surface area contributed by atoms with Gasteiger partial charge in [-0.05, 0) is 30.3 Å². The molecule has 0 radical (unpaired) electrons. The third-order valence-electron chi connectivity index (χ3n) is 2.16. The second-order valence-electron chi connectivity index (χ2n) is 3.52. The molecule has 0 spiro atoms. The maximum Gasteiger partial charge on any atom is 0.441 e. The Morgan fingerprint density at radius 1 is 1.39 bits per heavy atom. The van der Waals surface area contributed by atoms with Crippen LogP contribution >= 0.6 is 23.4 Å². The summed E-state index contributed by atoms with van der Waals surface area (Å²) < 4.78 is 40.9. The summed E-state index contributed by atoms with van der Waals surface area (Å²) in [6.45, 7) is 2.01. The molecular formula is C11H13ClF3NOS. The van der Waals surface area contributed by atoms with Gasteiger partial charge < -0.3 is 10.1 Å². The molecule has 0 fully saturated rings. The first-order valence-corrected chi connectivity index (χ1v) is 6.48. The fourth-order valence-electron chi connectivity index (χ4n) is 1.32. The Morgan fingerprint density at radius 3 is 2.61 bits per heavy atom. The Labute approximate surface area is 113 Å². The zero-order valence-corrected chi connectivity index (χ0v) is 11.5. The molecule has 2 nitrogen and oxygen atoms in total. The third-order valence-corrected chi connectivity index (χ3v) is 3.31. The standard InChI is InChI=1S/C11H13ClF3NOS/c1-7-5-9(10(17-2)6-8(7)12)16-3-4-18-11(13,14)15/h5-6,16H,3-4H2,1-2H3. The van der Waals surface area contributed by atoms with E-state index in [1.165, 1.54) is 7.11 Å². The average Bonchev–Trinajstić information content (AvgIpc) is 2.27. The largest absolute Gasteiger partial charge is 0.495 e. The molecule has 0 aliphatic heterocycles. The van der Waals surface area contributed by atoms with Crippen LogP contribution in [0.4, 0.5) is 18.9 Å². The van der Waals surface area contributed by atoms with E-state index < -0.39 is 5.51 Å². The predicted molar refractivity (Wildman–Crippen MR) is 69.7 cm³/mol. The molecule has 0 amide bonds. The molecule has 0 aromatic heterocycles. The topological polar surface area (TPSA) is 21.3 Å². The first-order chi connectivity index (χ1) is 8.33. The minimum absolute atomic E-state index is 0.0558. The van der Waals surface area contributed by atoms with E-state index in [4.69, 9.17) is 16.3 Å². The van der Waals surface area contributed by atoms with Crippen LogP contribution in [-0.4, -0.2) is 24.9 Å². The molecule has 0 saturated heterocycles. The highest BCUT2D eigenvalue weighted by molar-refractivity contribution is 8.00. The van der Waals surface area contributed by atoms with Gasteiger partial charge in [-0.3, -0.25) is 0 Å².